The molecular formula is C15H20N2O. The van der Waals surface area contributed by atoms with Crippen molar-refractivity contribution in [1.29, 1.82) is 0 Å². The van der Waals surface area contributed by atoms with Gasteiger partial charge in [0.05, 0.1) is 0 Å². The zero-order chi connectivity index (χ0) is 12.9. The number of carbonyl (C=O) groups excluding carboxylic acids is 1. The predicted octanol–water partition coefficient (Wildman–Crippen LogP) is 2.87. The van der Waals surface area contributed by atoms with Gasteiger partial charge < -0.3 is 11.1 Å². The Kier molecular flexibility index (Phi) is 2.58. The number of anilines is 2. The summed E-state index contributed by atoms with van der Waals surface area (Å²) < 4.78 is 0. The maximum atomic E-state index is 12.3. The summed E-state index contributed by atoms with van der Waals surface area (Å²) in [6.07, 6.45) is 3.77. The van der Waals surface area contributed by atoms with Crippen LogP contribution in [-0.2, 0) is 4.79 Å². The van der Waals surface area contributed by atoms with E-state index in [1.807, 2.05) is 26.0 Å². The molecule has 18 heavy (non-hydrogen) atoms. The van der Waals surface area contributed by atoms with Crippen molar-refractivity contribution in [2.24, 2.45) is 17.8 Å². The molecule has 96 valence electrons. The highest BCUT2D eigenvalue weighted by Gasteiger charge is 2.56. The van der Waals surface area contributed by atoms with Crippen molar-refractivity contribution >= 4 is 17.3 Å². The number of aryl methyl sites for hydroxylation is 1. The number of fused-ring (bicyclic) bond motifs is 1. The molecule has 2 unspecified atom stereocenters. The van der Waals surface area contributed by atoms with Crippen LogP contribution in [0, 0.1) is 31.6 Å². The van der Waals surface area contributed by atoms with Gasteiger partial charge in [0, 0.05) is 17.3 Å². The van der Waals surface area contributed by atoms with Gasteiger partial charge in [-0.25, -0.2) is 0 Å². The number of nitrogen functional groups attached to an aromatic ring is 1. The Morgan fingerprint density at radius 1 is 1.28 bits per heavy atom. The SMILES string of the molecule is Cc1ccc(N)c(C)c1NC(=O)C1C2CCCC21. The van der Waals surface area contributed by atoms with Gasteiger partial charge in [0.15, 0.2) is 0 Å². The summed E-state index contributed by atoms with van der Waals surface area (Å²) in [4.78, 5) is 12.3. The molecule has 3 nitrogen and oxygen atoms in total. The van der Waals surface area contributed by atoms with Crippen LogP contribution in [0.15, 0.2) is 12.1 Å². The smallest absolute Gasteiger partial charge is 0.228 e. The first kappa shape index (κ1) is 11.6. The third kappa shape index (κ3) is 1.69. The van der Waals surface area contributed by atoms with Crippen molar-refractivity contribution in [2.75, 3.05) is 11.1 Å². The second kappa shape index (κ2) is 4.01. The summed E-state index contributed by atoms with van der Waals surface area (Å²) in [6.45, 7) is 3.97. The maximum absolute atomic E-state index is 12.3. The molecule has 0 spiro atoms. The quantitative estimate of drug-likeness (QED) is 0.786. The molecule has 3 rings (SSSR count). The van der Waals surface area contributed by atoms with Crippen LogP contribution in [0.4, 0.5) is 11.4 Å². The van der Waals surface area contributed by atoms with E-state index in [1.165, 1.54) is 19.3 Å². The molecule has 3 heteroatoms. The van der Waals surface area contributed by atoms with Crippen molar-refractivity contribution in [1.82, 2.24) is 0 Å². The van der Waals surface area contributed by atoms with E-state index in [-0.39, 0.29) is 11.8 Å². The number of hydrogen-bond donors (Lipinski definition) is 2. The molecule has 3 N–H and O–H groups in total. The number of nitrogens with one attached hydrogen (secondary N) is 1. The largest absolute Gasteiger partial charge is 0.398 e. The minimum absolute atomic E-state index is 0.196. The normalized spacial score (nSPS) is 28.9. The van der Waals surface area contributed by atoms with E-state index >= 15 is 0 Å². The lowest BCUT2D eigenvalue weighted by Gasteiger charge is -2.14. The molecule has 0 radical (unpaired) electrons. The zero-order valence-electron chi connectivity index (χ0n) is 11.0. The summed E-state index contributed by atoms with van der Waals surface area (Å²) in [5, 5.41) is 3.09. The number of hydrogen-bond acceptors (Lipinski definition) is 2. The van der Waals surface area contributed by atoms with E-state index in [0.29, 0.717) is 11.8 Å². The average Bonchev–Trinajstić information content (AvgIpc) is 2.83. The fourth-order valence-corrected chi connectivity index (χ4v) is 3.47. The molecule has 2 fully saturated rings. The highest BCUT2D eigenvalue weighted by molar-refractivity contribution is 5.97. The molecular weight excluding hydrogens is 224 g/mol. The molecule has 2 saturated carbocycles. The summed E-state index contributed by atoms with van der Waals surface area (Å²) in [6, 6.07) is 3.86. The van der Waals surface area contributed by atoms with Crippen LogP contribution in [-0.4, -0.2) is 5.91 Å². The van der Waals surface area contributed by atoms with Crippen LogP contribution >= 0.6 is 0 Å². The Labute approximate surface area is 108 Å². The van der Waals surface area contributed by atoms with Gasteiger partial charge in [0.25, 0.3) is 0 Å². The van der Waals surface area contributed by atoms with Gasteiger partial charge in [-0.3, -0.25) is 4.79 Å². The van der Waals surface area contributed by atoms with Gasteiger partial charge in [0.2, 0.25) is 5.91 Å². The van der Waals surface area contributed by atoms with Crippen molar-refractivity contribution in [3.63, 3.8) is 0 Å². The van der Waals surface area contributed by atoms with Gasteiger partial charge in [0.1, 0.15) is 0 Å². The van der Waals surface area contributed by atoms with Gasteiger partial charge in [-0.05, 0) is 55.7 Å². The number of carbonyl (C=O) groups is 1. The predicted molar refractivity (Wildman–Crippen MR) is 73.3 cm³/mol. The average molecular weight is 244 g/mol. The third-order valence-electron chi connectivity index (χ3n) is 4.67. The molecule has 1 amide bonds. The monoisotopic (exact) mass is 244 g/mol. The van der Waals surface area contributed by atoms with Crippen molar-refractivity contribution in [3.05, 3.63) is 23.3 Å². The van der Waals surface area contributed by atoms with Gasteiger partial charge in [-0.1, -0.05) is 12.5 Å². The Morgan fingerprint density at radius 3 is 2.61 bits per heavy atom. The van der Waals surface area contributed by atoms with E-state index in [0.717, 1.165) is 22.5 Å². The lowest BCUT2D eigenvalue weighted by Crippen LogP contribution is -2.18. The molecule has 0 bridgehead atoms. The van der Waals surface area contributed by atoms with Crippen LogP contribution in [0.5, 0.6) is 0 Å². The number of nitrogens with two attached hydrogens (primary N) is 1. The molecule has 0 saturated heterocycles. The standard InChI is InChI=1S/C15H20N2O/c1-8-6-7-12(16)9(2)14(8)17-15(18)13-10-4-3-5-11(10)13/h6-7,10-11,13H,3-5,16H2,1-2H3,(H,17,18). The van der Waals surface area contributed by atoms with Gasteiger partial charge in [-0.2, -0.15) is 0 Å². The molecule has 1 aromatic rings. The minimum atomic E-state index is 0.196. The first-order valence-electron chi connectivity index (χ1n) is 6.76. The number of benzene rings is 1. The van der Waals surface area contributed by atoms with E-state index in [1.54, 1.807) is 0 Å². The Bertz CT molecular complexity index is 499. The second-order valence-electron chi connectivity index (χ2n) is 5.75. The Balaban J connectivity index is 1.77. The van der Waals surface area contributed by atoms with Crippen LogP contribution in [0.1, 0.15) is 30.4 Å². The van der Waals surface area contributed by atoms with Gasteiger partial charge in [-0.15, -0.1) is 0 Å². The molecule has 2 aliphatic carbocycles. The van der Waals surface area contributed by atoms with Crippen LogP contribution in [0.3, 0.4) is 0 Å². The molecule has 1 aromatic carbocycles. The number of amides is 1. The number of rotatable bonds is 2. The van der Waals surface area contributed by atoms with E-state index in [2.05, 4.69) is 5.32 Å². The molecule has 0 aliphatic heterocycles. The van der Waals surface area contributed by atoms with Crippen LogP contribution < -0.4 is 11.1 Å². The van der Waals surface area contributed by atoms with Crippen molar-refractivity contribution < 1.29 is 4.79 Å². The fourth-order valence-electron chi connectivity index (χ4n) is 3.47. The minimum Gasteiger partial charge on any atom is -0.398 e. The molecule has 2 aliphatic rings. The molecule has 0 heterocycles. The van der Waals surface area contributed by atoms with Crippen LogP contribution in [0.2, 0.25) is 0 Å². The summed E-state index contributed by atoms with van der Waals surface area (Å²) in [5.74, 6) is 1.78. The maximum Gasteiger partial charge on any atom is 0.228 e. The second-order valence-corrected chi connectivity index (χ2v) is 5.75. The first-order valence-corrected chi connectivity index (χ1v) is 6.76. The topological polar surface area (TPSA) is 55.1 Å². The van der Waals surface area contributed by atoms with E-state index in [4.69, 9.17) is 5.73 Å². The highest BCUT2D eigenvalue weighted by Crippen LogP contribution is 2.57. The van der Waals surface area contributed by atoms with Crippen LogP contribution in [0.25, 0.3) is 0 Å². The first-order chi connectivity index (χ1) is 8.59. The lowest BCUT2D eigenvalue weighted by molar-refractivity contribution is -0.118. The highest BCUT2D eigenvalue weighted by atomic mass is 16.2. The van der Waals surface area contributed by atoms with Gasteiger partial charge >= 0.3 is 0 Å². The summed E-state index contributed by atoms with van der Waals surface area (Å²) in [7, 11) is 0. The Morgan fingerprint density at radius 2 is 1.94 bits per heavy atom. The Hall–Kier alpha value is -1.51. The van der Waals surface area contributed by atoms with Crippen molar-refractivity contribution in [2.45, 2.75) is 33.1 Å². The van der Waals surface area contributed by atoms with Crippen molar-refractivity contribution in [3.8, 4) is 0 Å². The molecule has 0 aromatic heterocycles. The summed E-state index contributed by atoms with van der Waals surface area (Å²) in [5.41, 5.74) is 9.61. The molecule has 2 atom stereocenters. The zero-order valence-corrected chi connectivity index (χ0v) is 11.0. The lowest BCUT2D eigenvalue weighted by atomic mass is 10.1. The fraction of sp³-hybridized carbons (Fsp3) is 0.533. The van der Waals surface area contributed by atoms with E-state index < -0.39 is 0 Å². The third-order valence-corrected chi connectivity index (χ3v) is 4.67. The summed E-state index contributed by atoms with van der Waals surface area (Å²) >= 11 is 0. The van der Waals surface area contributed by atoms with E-state index in [9.17, 15) is 4.79 Å².